The molecule has 0 amide bonds. The molecule has 8 rings (SSSR count). The van der Waals surface area contributed by atoms with E-state index in [9.17, 15) is 0 Å². The van der Waals surface area contributed by atoms with Crippen molar-refractivity contribution in [2.75, 3.05) is 0 Å². The number of rotatable bonds is 2. The second kappa shape index (κ2) is 7.72. The molecule has 0 radical (unpaired) electrons. The predicted molar refractivity (Wildman–Crippen MR) is 153 cm³/mol. The van der Waals surface area contributed by atoms with Crippen molar-refractivity contribution >= 4 is 65.3 Å². The first-order valence-corrected chi connectivity index (χ1v) is 12.9. The van der Waals surface area contributed by atoms with Gasteiger partial charge in [-0.05, 0) is 42.5 Å². The highest BCUT2D eigenvalue weighted by atomic mass is 79.9. The molecule has 174 valence electrons. The number of fused-ring (bicyclic) bond motifs is 8. The van der Waals surface area contributed by atoms with Gasteiger partial charge in [-0.15, -0.1) is 0 Å². The summed E-state index contributed by atoms with van der Waals surface area (Å²) in [7, 11) is 0. The molecule has 0 spiro atoms. The van der Waals surface area contributed by atoms with Crippen molar-refractivity contribution in [3.05, 3.63) is 114 Å². The van der Waals surface area contributed by atoms with Gasteiger partial charge in [0.2, 0.25) is 5.95 Å². The Kier molecular flexibility index (Phi) is 4.30. The maximum atomic E-state index is 5.20. The molecule has 0 saturated carbocycles. The van der Waals surface area contributed by atoms with Crippen molar-refractivity contribution in [2.45, 2.75) is 0 Å². The number of pyridine rings is 1. The van der Waals surface area contributed by atoms with Crippen molar-refractivity contribution in [3.8, 4) is 17.2 Å². The maximum absolute atomic E-state index is 5.20. The van der Waals surface area contributed by atoms with Crippen LogP contribution in [0.15, 0.2) is 114 Å². The van der Waals surface area contributed by atoms with E-state index in [1.807, 2.05) is 42.5 Å². The molecular formula is C31H18BrN5. The van der Waals surface area contributed by atoms with Crippen molar-refractivity contribution in [3.63, 3.8) is 0 Å². The summed E-state index contributed by atoms with van der Waals surface area (Å²) in [6.07, 6.45) is 2.11. The van der Waals surface area contributed by atoms with Crippen LogP contribution in [-0.4, -0.2) is 23.9 Å². The van der Waals surface area contributed by atoms with Crippen molar-refractivity contribution in [2.24, 2.45) is 0 Å². The molecule has 0 aliphatic heterocycles. The highest BCUT2D eigenvalue weighted by Crippen LogP contribution is 2.37. The normalized spacial score (nSPS) is 11.9. The lowest BCUT2D eigenvalue weighted by atomic mass is 10.1. The molecule has 0 atom stereocenters. The van der Waals surface area contributed by atoms with Crippen LogP contribution < -0.4 is 0 Å². The van der Waals surface area contributed by atoms with Gasteiger partial charge in [0.15, 0.2) is 5.65 Å². The van der Waals surface area contributed by atoms with Gasteiger partial charge in [0.1, 0.15) is 5.52 Å². The number of imidazole rings is 1. The Morgan fingerprint density at radius 1 is 0.595 bits per heavy atom. The van der Waals surface area contributed by atoms with Gasteiger partial charge in [-0.25, -0.2) is 15.0 Å². The second-order valence-electron chi connectivity index (χ2n) is 9.12. The third kappa shape index (κ3) is 2.99. The third-order valence-electron chi connectivity index (χ3n) is 7.00. The Balaban J connectivity index is 1.57. The topological polar surface area (TPSA) is 48.0 Å². The van der Waals surface area contributed by atoms with Gasteiger partial charge in [0.25, 0.3) is 0 Å². The molecule has 0 fully saturated rings. The average molecular weight is 540 g/mol. The molecule has 4 aromatic carbocycles. The highest BCUT2D eigenvalue weighted by molar-refractivity contribution is 9.10. The Labute approximate surface area is 219 Å². The van der Waals surface area contributed by atoms with E-state index in [1.54, 1.807) is 0 Å². The molecule has 4 heterocycles. The SMILES string of the molecule is Brc1ccc2c(c1)c1ccn3c4ccccc4nc3c1n2-c1nc(-c2ccccc2)c2ccccc2n1. The van der Waals surface area contributed by atoms with Crippen LogP contribution in [0.2, 0.25) is 0 Å². The van der Waals surface area contributed by atoms with E-state index in [2.05, 4.69) is 91.8 Å². The summed E-state index contributed by atoms with van der Waals surface area (Å²) < 4.78 is 5.34. The third-order valence-corrected chi connectivity index (χ3v) is 7.50. The molecule has 6 heteroatoms. The summed E-state index contributed by atoms with van der Waals surface area (Å²) in [5.74, 6) is 0.625. The fraction of sp³-hybridized carbons (Fsp3) is 0. The van der Waals surface area contributed by atoms with Gasteiger partial charge in [-0.2, -0.15) is 0 Å². The molecule has 0 unspecified atom stereocenters. The first-order chi connectivity index (χ1) is 18.3. The molecule has 0 N–H and O–H groups in total. The minimum absolute atomic E-state index is 0.625. The van der Waals surface area contributed by atoms with E-state index in [0.29, 0.717) is 5.95 Å². The lowest BCUT2D eigenvalue weighted by Crippen LogP contribution is -2.04. The fourth-order valence-electron chi connectivity index (χ4n) is 5.38. The number of aromatic nitrogens is 5. The standard InChI is InChI=1S/C31H18BrN5/c32-20-14-15-26-23(18-20)21-16-17-36-27-13-7-6-12-25(27)33-30(36)29(21)37(26)31-34-24-11-5-4-10-22(24)28(35-31)19-8-2-1-3-9-19/h1-18H. The summed E-state index contributed by atoms with van der Waals surface area (Å²) in [4.78, 5) is 15.4. The number of benzene rings is 4. The molecule has 4 aromatic heterocycles. The first kappa shape index (κ1) is 20.6. The van der Waals surface area contributed by atoms with Gasteiger partial charge in [-0.1, -0.05) is 76.6 Å². The van der Waals surface area contributed by atoms with Gasteiger partial charge in [0.05, 0.1) is 27.8 Å². The predicted octanol–water partition coefficient (Wildman–Crippen LogP) is 7.96. The number of hydrogen-bond acceptors (Lipinski definition) is 3. The smallest absolute Gasteiger partial charge is 0.235 e. The lowest BCUT2D eigenvalue weighted by Gasteiger charge is -2.12. The maximum Gasteiger partial charge on any atom is 0.235 e. The van der Waals surface area contributed by atoms with Crippen LogP contribution in [0.1, 0.15) is 0 Å². The van der Waals surface area contributed by atoms with Gasteiger partial charge in [-0.3, -0.25) is 8.97 Å². The van der Waals surface area contributed by atoms with E-state index in [4.69, 9.17) is 15.0 Å². The van der Waals surface area contributed by atoms with Crippen LogP contribution in [0.3, 0.4) is 0 Å². The molecule has 0 aliphatic carbocycles. The molecular weight excluding hydrogens is 522 g/mol. The molecule has 5 nitrogen and oxygen atoms in total. The first-order valence-electron chi connectivity index (χ1n) is 12.1. The summed E-state index contributed by atoms with van der Waals surface area (Å²) in [6.45, 7) is 0. The summed E-state index contributed by atoms with van der Waals surface area (Å²) in [5.41, 5.74) is 7.80. The quantitative estimate of drug-likeness (QED) is 0.224. The van der Waals surface area contributed by atoms with E-state index in [-0.39, 0.29) is 0 Å². The van der Waals surface area contributed by atoms with Crippen LogP contribution in [0.5, 0.6) is 0 Å². The van der Waals surface area contributed by atoms with Gasteiger partial charge >= 0.3 is 0 Å². The number of hydrogen-bond donors (Lipinski definition) is 0. The monoisotopic (exact) mass is 539 g/mol. The lowest BCUT2D eigenvalue weighted by molar-refractivity contribution is 1.01. The van der Waals surface area contributed by atoms with Crippen molar-refractivity contribution in [1.82, 2.24) is 23.9 Å². The van der Waals surface area contributed by atoms with Crippen LogP contribution >= 0.6 is 15.9 Å². The average Bonchev–Trinajstić information content (AvgIpc) is 3.48. The minimum Gasteiger partial charge on any atom is -0.298 e. The van der Waals surface area contributed by atoms with Crippen LogP contribution in [0, 0.1) is 0 Å². The Hall–Kier alpha value is -4.55. The zero-order valence-electron chi connectivity index (χ0n) is 19.5. The summed E-state index contributed by atoms with van der Waals surface area (Å²) in [6, 6.07) is 35.3. The molecule has 0 bridgehead atoms. The second-order valence-corrected chi connectivity index (χ2v) is 10.0. The minimum atomic E-state index is 0.625. The largest absolute Gasteiger partial charge is 0.298 e. The van der Waals surface area contributed by atoms with Crippen LogP contribution in [-0.2, 0) is 0 Å². The number of para-hydroxylation sites is 3. The number of nitrogens with zero attached hydrogens (tertiary/aromatic N) is 5. The van der Waals surface area contributed by atoms with E-state index in [0.717, 1.165) is 65.1 Å². The van der Waals surface area contributed by atoms with Gasteiger partial charge in [0, 0.05) is 32.4 Å². The van der Waals surface area contributed by atoms with E-state index in [1.165, 1.54) is 0 Å². The molecule has 37 heavy (non-hydrogen) atoms. The molecule has 8 aromatic rings. The van der Waals surface area contributed by atoms with Crippen LogP contribution in [0.25, 0.3) is 66.6 Å². The van der Waals surface area contributed by atoms with E-state index < -0.39 is 0 Å². The van der Waals surface area contributed by atoms with Gasteiger partial charge < -0.3 is 0 Å². The Morgan fingerprint density at radius 2 is 1.38 bits per heavy atom. The Bertz CT molecular complexity index is 2160. The Morgan fingerprint density at radius 3 is 2.27 bits per heavy atom. The van der Waals surface area contributed by atoms with Crippen LogP contribution in [0.4, 0.5) is 0 Å². The highest BCUT2D eigenvalue weighted by Gasteiger charge is 2.21. The van der Waals surface area contributed by atoms with E-state index >= 15 is 0 Å². The zero-order chi connectivity index (χ0) is 24.5. The summed E-state index contributed by atoms with van der Waals surface area (Å²) >= 11 is 3.67. The summed E-state index contributed by atoms with van der Waals surface area (Å²) in [5, 5.41) is 3.26. The fourth-order valence-corrected chi connectivity index (χ4v) is 5.74. The molecule has 0 aliphatic rings. The zero-order valence-corrected chi connectivity index (χ0v) is 21.1. The van der Waals surface area contributed by atoms with Crippen molar-refractivity contribution in [1.29, 1.82) is 0 Å². The molecule has 0 saturated heterocycles. The van der Waals surface area contributed by atoms with Crippen molar-refractivity contribution < 1.29 is 0 Å². The number of halogens is 1.